The maximum atomic E-state index is 4.49. The number of aryl methyl sites for hydroxylation is 1. The summed E-state index contributed by atoms with van der Waals surface area (Å²) in [7, 11) is 0. The lowest BCUT2D eigenvalue weighted by Crippen LogP contribution is -2.11. The Morgan fingerprint density at radius 2 is 1.81 bits per heavy atom. The number of nitrogens with one attached hydrogen (secondary N) is 2. The summed E-state index contributed by atoms with van der Waals surface area (Å²) in [4.78, 5) is 13.2. The molecule has 112 valence electrons. The summed E-state index contributed by atoms with van der Waals surface area (Å²) in [6.07, 6.45) is 3.56. The molecule has 0 fully saturated rings. The summed E-state index contributed by atoms with van der Waals surface area (Å²) in [6, 6.07) is 6.04. The van der Waals surface area contributed by atoms with Crippen LogP contribution in [0.5, 0.6) is 0 Å². The van der Waals surface area contributed by atoms with E-state index < -0.39 is 0 Å². The van der Waals surface area contributed by atoms with Crippen molar-refractivity contribution in [3.8, 4) is 0 Å². The topological polar surface area (TPSA) is 62.7 Å². The van der Waals surface area contributed by atoms with E-state index >= 15 is 0 Å². The van der Waals surface area contributed by atoms with Crippen LogP contribution in [-0.4, -0.2) is 21.5 Å². The van der Waals surface area contributed by atoms with Gasteiger partial charge >= 0.3 is 0 Å². The summed E-state index contributed by atoms with van der Waals surface area (Å²) in [5, 5.41) is 6.73. The van der Waals surface area contributed by atoms with Gasteiger partial charge in [-0.25, -0.2) is 9.97 Å². The Kier molecular flexibility index (Phi) is 5.49. The highest BCUT2D eigenvalue weighted by Crippen LogP contribution is 2.20. The van der Waals surface area contributed by atoms with Crippen LogP contribution in [0, 0.1) is 6.92 Å². The first kappa shape index (κ1) is 15.2. The summed E-state index contributed by atoms with van der Waals surface area (Å²) in [5.74, 6) is 1.81. The predicted molar refractivity (Wildman–Crippen MR) is 86.5 cm³/mol. The maximum Gasteiger partial charge on any atom is 0.135 e. The second-order valence-corrected chi connectivity index (χ2v) is 4.95. The molecule has 0 amide bonds. The maximum absolute atomic E-state index is 4.49. The Hall–Kier alpha value is -2.17. The van der Waals surface area contributed by atoms with E-state index in [0.29, 0.717) is 6.54 Å². The third-order valence-corrected chi connectivity index (χ3v) is 3.22. The molecule has 0 bridgehead atoms. The number of hydrogen-bond donors (Lipinski definition) is 2. The smallest absolute Gasteiger partial charge is 0.135 e. The second kappa shape index (κ2) is 7.57. The molecule has 0 radical (unpaired) electrons. The van der Waals surface area contributed by atoms with Gasteiger partial charge in [0.05, 0.1) is 12.2 Å². The zero-order chi connectivity index (χ0) is 15.1. The molecule has 2 aromatic heterocycles. The Bertz CT molecular complexity index is 583. The Labute approximate surface area is 126 Å². The molecule has 0 aliphatic rings. The van der Waals surface area contributed by atoms with Gasteiger partial charge in [-0.15, -0.1) is 0 Å². The minimum atomic E-state index is 0.666. The first-order chi connectivity index (χ1) is 10.2. The van der Waals surface area contributed by atoms with Crippen LogP contribution in [0.25, 0.3) is 0 Å². The fourth-order valence-electron chi connectivity index (χ4n) is 2.17. The largest absolute Gasteiger partial charge is 0.370 e. The Balaban J connectivity index is 2.12. The lowest BCUT2D eigenvalue weighted by atomic mass is 10.2. The molecule has 2 N–H and O–H groups in total. The van der Waals surface area contributed by atoms with Gasteiger partial charge in [-0.3, -0.25) is 4.98 Å². The molecule has 0 aromatic carbocycles. The van der Waals surface area contributed by atoms with Crippen LogP contribution in [0.1, 0.15) is 37.2 Å². The molecule has 5 heteroatoms. The highest BCUT2D eigenvalue weighted by molar-refractivity contribution is 5.57. The fourth-order valence-corrected chi connectivity index (χ4v) is 2.17. The summed E-state index contributed by atoms with van der Waals surface area (Å²) < 4.78 is 0. The number of rotatable bonds is 7. The lowest BCUT2D eigenvalue weighted by molar-refractivity contribution is 0.938. The van der Waals surface area contributed by atoms with Gasteiger partial charge in [-0.2, -0.15) is 0 Å². The quantitative estimate of drug-likeness (QED) is 0.818. The van der Waals surface area contributed by atoms with Crippen molar-refractivity contribution in [3.05, 3.63) is 41.5 Å². The molecule has 21 heavy (non-hydrogen) atoms. The standard InChI is InChI=1S/C16H23N5/c1-4-9-17-15-14(5-2)16(20-11-19-15)18-10-13-8-6-7-12(3)21-13/h6-8,11H,4-5,9-10H2,1-3H3,(H2,17,18,19,20). The van der Waals surface area contributed by atoms with Gasteiger partial charge in [0.15, 0.2) is 0 Å². The number of hydrogen-bond acceptors (Lipinski definition) is 5. The molecule has 0 aliphatic carbocycles. The highest BCUT2D eigenvalue weighted by Gasteiger charge is 2.09. The molecule has 2 aromatic rings. The van der Waals surface area contributed by atoms with Crippen LogP contribution in [-0.2, 0) is 13.0 Å². The number of aromatic nitrogens is 3. The zero-order valence-electron chi connectivity index (χ0n) is 13.0. The van der Waals surface area contributed by atoms with Crippen molar-refractivity contribution in [1.82, 2.24) is 15.0 Å². The fraction of sp³-hybridized carbons (Fsp3) is 0.438. The molecule has 0 aliphatic heterocycles. The molecule has 2 rings (SSSR count). The van der Waals surface area contributed by atoms with Gasteiger partial charge in [-0.1, -0.05) is 19.9 Å². The van der Waals surface area contributed by atoms with Gasteiger partial charge in [0.1, 0.15) is 18.0 Å². The lowest BCUT2D eigenvalue weighted by Gasteiger charge is -2.14. The molecule has 0 saturated heterocycles. The van der Waals surface area contributed by atoms with Crippen molar-refractivity contribution < 1.29 is 0 Å². The number of pyridine rings is 1. The molecular weight excluding hydrogens is 262 g/mol. The van der Waals surface area contributed by atoms with Crippen LogP contribution >= 0.6 is 0 Å². The first-order valence-corrected chi connectivity index (χ1v) is 7.48. The average Bonchev–Trinajstić information content (AvgIpc) is 2.50. The normalized spacial score (nSPS) is 10.4. The Morgan fingerprint density at radius 3 is 2.48 bits per heavy atom. The molecule has 0 atom stereocenters. The minimum Gasteiger partial charge on any atom is -0.370 e. The number of nitrogens with zero attached hydrogens (tertiary/aromatic N) is 3. The molecule has 2 heterocycles. The van der Waals surface area contributed by atoms with E-state index in [9.17, 15) is 0 Å². The van der Waals surface area contributed by atoms with Gasteiger partial charge in [0.25, 0.3) is 0 Å². The first-order valence-electron chi connectivity index (χ1n) is 7.48. The second-order valence-electron chi connectivity index (χ2n) is 4.95. The minimum absolute atomic E-state index is 0.666. The molecular formula is C16H23N5. The van der Waals surface area contributed by atoms with E-state index in [1.54, 1.807) is 6.33 Å². The molecule has 0 unspecified atom stereocenters. The van der Waals surface area contributed by atoms with E-state index in [4.69, 9.17) is 0 Å². The van der Waals surface area contributed by atoms with Crippen LogP contribution in [0.15, 0.2) is 24.5 Å². The zero-order valence-corrected chi connectivity index (χ0v) is 13.0. The van der Waals surface area contributed by atoms with Crippen LogP contribution in [0.4, 0.5) is 11.6 Å². The van der Waals surface area contributed by atoms with Crippen LogP contribution in [0.3, 0.4) is 0 Å². The third-order valence-electron chi connectivity index (χ3n) is 3.22. The molecule has 5 nitrogen and oxygen atoms in total. The summed E-state index contributed by atoms with van der Waals surface area (Å²) in [6.45, 7) is 7.84. The van der Waals surface area contributed by atoms with E-state index in [0.717, 1.165) is 48.0 Å². The van der Waals surface area contributed by atoms with Crippen molar-refractivity contribution in [2.24, 2.45) is 0 Å². The molecule has 0 spiro atoms. The van der Waals surface area contributed by atoms with Crippen molar-refractivity contribution in [2.45, 2.75) is 40.2 Å². The summed E-state index contributed by atoms with van der Waals surface area (Å²) >= 11 is 0. The monoisotopic (exact) mass is 285 g/mol. The van der Waals surface area contributed by atoms with Gasteiger partial charge < -0.3 is 10.6 Å². The van der Waals surface area contributed by atoms with Crippen molar-refractivity contribution in [1.29, 1.82) is 0 Å². The van der Waals surface area contributed by atoms with Gasteiger partial charge in [0, 0.05) is 17.8 Å². The van der Waals surface area contributed by atoms with Gasteiger partial charge in [0.2, 0.25) is 0 Å². The van der Waals surface area contributed by atoms with Gasteiger partial charge in [-0.05, 0) is 31.9 Å². The third kappa shape index (κ3) is 4.15. The SMILES string of the molecule is CCCNc1ncnc(NCc2cccc(C)n2)c1CC. The predicted octanol–water partition coefficient (Wildman–Crippen LogP) is 3.18. The molecule has 0 saturated carbocycles. The van der Waals surface area contributed by atoms with Crippen molar-refractivity contribution >= 4 is 11.6 Å². The van der Waals surface area contributed by atoms with Crippen molar-refractivity contribution in [2.75, 3.05) is 17.2 Å². The average molecular weight is 285 g/mol. The van der Waals surface area contributed by atoms with E-state index in [1.165, 1.54) is 0 Å². The van der Waals surface area contributed by atoms with Crippen molar-refractivity contribution in [3.63, 3.8) is 0 Å². The summed E-state index contributed by atoms with van der Waals surface area (Å²) in [5.41, 5.74) is 3.16. The van der Waals surface area contributed by atoms with E-state index in [1.807, 2.05) is 25.1 Å². The van der Waals surface area contributed by atoms with E-state index in [-0.39, 0.29) is 0 Å². The van der Waals surface area contributed by atoms with Crippen LogP contribution in [0.2, 0.25) is 0 Å². The van der Waals surface area contributed by atoms with Crippen LogP contribution < -0.4 is 10.6 Å². The Morgan fingerprint density at radius 1 is 1.05 bits per heavy atom. The highest BCUT2D eigenvalue weighted by atomic mass is 15.1. The van der Waals surface area contributed by atoms with E-state index in [2.05, 4.69) is 39.4 Å². The number of anilines is 2.